The van der Waals surface area contributed by atoms with Crippen LogP contribution in [-0.4, -0.2) is 101 Å². The number of rotatable bonds is 18. The lowest BCUT2D eigenvalue weighted by atomic mass is 10.2. The largest absolute Gasteiger partial charge is 0.464 e. The van der Waals surface area contributed by atoms with Crippen molar-refractivity contribution in [2.45, 2.75) is 25.3 Å². The van der Waals surface area contributed by atoms with E-state index >= 15 is 0 Å². The Balaban J connectivity index is 4.02. The number of carbonyl (C=O) groups excluding carboxylic acids is 2. The van der Waals surface area contributed by atoms with E-state index < -0.39 is 28.9 Å². The normalized spacial score (nSPS) is 12.2. The van der Waals surface area contributed by atoms with Gasteiger partial charge in [0.2, 0.25) is 0 Å². The summed E-state index contributed by atoms with van der Waals surface area (Å²) in [6.45, 7) is 0.0365. The summed E-state index contributed by atoms with van der Waals surface area (Å²) in [6.07, 6.45) is 2.28. The number of thioether (sulfide) groups is 1. The first-order valence-corrected chi connectivity index (χ1v) is 10.0. The Morgan fingerprint density at radius 2 is 1.52 bits per heavy atom. The SMILES string of the molecule is CSCCC(NC(=O)OCCOCCON(O)O)C(=O)OCCCCON(O)O. The van der Waals surface area contributed by atoms with Crippen molar-refractivity contribution >= 4 is 23.8 Å². The van der Waals surface area contributed by atoms with Crippen LogP contribution >= 0.6 is 11.8 Å². The lowest BCUT2D eigenvalue weighted by molar-refractivity contribution is -0.493. The van der Waals surface area contributed by atoms with Crippen LogP contribution in [0.25, 0.3) is 0 Å². The van der Waals surface area contributed by atoms with Gasteiger partial charge in [-0.3, -0.25) is 25.7 Å². The predicted molar refractivity (Wildman–Crippen MR) is 95.0 cm³/mol. The van der Waals surface area contributed by atoms with Gasteiger partial charge >= 0.3 is 12.1 Å². The van der Waals surface area contributed by atoms with Crippen LogP contribution in [0.2, 0.25) is 0 Å². The Labute approximate surface area is 171 Å². The monoisotopic (exact) mass is 447 g/mol. The highest BCUT2D eigenvalue weighted by atomic mass is 32.2. The molecule has 0 aliphatic rings. The zero-order valence-corrected chi connectivity index (χ0v) is 16.9. The van der Waals surface area contributed by atoms with Crippen LogP contribution in [0.1, 0.15) is 19.3 Å². The molecule has 15 heteroatoms. The summed E-state index contributed by atoms with van der Waals surface area (Å²) in [5.41, 5.74) is 0. The minimum Gasteiger partial charge on any atom is -0.464 e. The molecule has 0 bridgehead atoms. The first-order valence-electron chi connectivity index (χ1n) is 8.65. The van der Waals surface area contributed by atoms with Crippen molar-refractivity contribution in [3.05, 3.63) is 0 Å². The van der Waals surface area contributed by atoms with Crippen LogP contribution < -0.4 is 5.32 Å². The zero-order valence-electron chi connectivity index (χ0n) is 16.1. The van der Waals surface area contributed by atoms with Crippen molar-refractivity contribution in [2.24, 2.45) is 0 Å². The molecule has 14 nitrogen and oxygen atoms in total. The Bertz CT molecular complexity index is 432. The van der Waals surface area contributed by atoms with E-state index in [0.29, 0.717) is 25.0 Å². The lowest BCUT2D eigenvalue weighted by Gasteiger charge is -2.17. The molecule has 0 aliphatic heterocycles. The molecule has 172 valence electrons. The number of carbonyl (C=O) groups is 2. The van der Waals surface area contributed by atoms with Gasteiger partial charge in [0.1, 0.15) is 12.6 Å². The minimum absolute atomic E-state index is 0.0392. The number of nitrogens with zero attached hydrogens (tertiary/aromatic N) is 2. The van der Waals surface area contributed by atoms with Crippen molar-refractivity contribution in [2.75, 3.05) is 51.6 Å². The zero-order chi connectivity index (χ0) is 21.9. The summed E-state index contributed by atoms with van der Waals surface area (Å²) in [5.74, 6) is 0.0147. The quantitative estimate of drug-likeness (QED) is 0.109. The van der Waals surface area contributed by atoms with E-state index in [1.807, 2.05) is 6.26 Å². The maximum atomic E-state index is 12.1. The summed E-state index contributed by atoms with van der Waals surface area (Å²) in [4.78, 5) is 32.6. The first-order chi connectivity index (χ1) is 13.9. The highest BCUT2D eigenvalue weighted by Crippen LogP contribution is 2.04. The number of esters is 1. The van der Waals surface area contributed by atoms with Crippen LogP contribution in [0.15, 0.2) is 0 Å². The van der Waals surface area contributed by atoms with Crippen molar-refractivity contribution < 1.29 is 54.3 Å². The molecule has 0 saturated carbocycles. The van der Waals surface area contributed by atoms with Crippen molar-refractivity contribution in [1.29, 1.82) is 0 Å². The number of alkyl carbamates (subject to hydrolysis) is 1. The molecule has 5 N–H and O–H groups in total. The Morgan fingerprint density at radius 3 is 2.17 bits per heavy atom. The summed E-state index contributed by atoms with van der Waals surface area (Å²) in [6, 6.07) is -0.869. The molecule has 29 heavy (non-hydrogen) atoms. The fraction of sp³-hybridized carbons (Fsp3) is 0.857. The standard InChI is InChI=1S/C14H29N3O11S/c1-29-11-4-12(13(18)25-5-2-3-6-27-16(20)21)15-14(19)26-9-7-24-8-10-28-17(22)23/h12,20-23H,2-11H2,1H3,(H,15,19). The number of unbranched alkanes of at least 4 members (excludes halogenated alkanes) is 1. The molecule has 0 spiro atoms. The third-order valence-electron chi connectivity index (χ3n) is 3.07. The third-order valence-corrected chi connectivity index (χ3v) is 3.72. The number of hydrogen-bond acceptors (Lipinski definition) is 14. The van der Waals surface area contributed by atoms with Crippen molar-refractivity contribution in [3.63, 3.8) is 0 Å². The minimum atomic E-state index is -0.869. The van der Waals surface area contributed by atoms with Gasteiger partial charge in [-0.15, -0.1) is 0 Å². The Kier molecular flexibility index (Phi) is 17.9. The number of ether oxygens (including phenoxy) is 3. The smallest absolute Gasteiger partial charge is 0.407 e. The molecule has 1 amide bonds. The predicted octanol–water partition coefficient (Wildman–Crippen LogP) is 0.198. The van der Waals surface area contributed by atoms with Crippen molar-refractivity contribution in [3.8, 4) is 0 Å². The van der Waals surface area contributed by atoms with Gasteiger partial charge in [-0.2, -0.15) is 11.8 Å². The summed E-state index contributed by atoms with van der Waals surface area (Å²) < 4.78 is 15.0. The molecule has 0 aromatic heterocycles. The second-order valence-electron chi connectivity index (χ2n) is 5.27. The molecule has 1 unspecified atom stereocenters. The highest BCUT2D eigenvalue weighted by Gasteiger charge is 2.22. The molecule has 0 aromatic rings. The second-order valence-corrected chi connectivity index (χ2v) is 6.26. The maximum absolute atomic E-state index is 12.1. The highest BCUT2D eigenvalue weighted by molar-refractivity contribution is 7.98. The Hall–Kier alpha value is -1.27. The van der Waals surface area contributed by atoms with E-state index in [1.54, 1.807) is 0 Å². The van der Waals surface area contributed by atoms with Crippen LogP contribution in [0.4, 0.5) is 4.79 Å². The maximum Gasteiger partial charge on any atom is 0.407 e. The molecule has 1 atom stereocenters. The van der Waals surface area contributed by atoms with E-state index in [-0.39, 0.29) is 39.6 Å². The topological polar surface area (TPSA) is 180 Å². The second kappa shape index (κ2) is 18.7. The van der Waals surface area contributed by atoms with Gasteiger partial charge in [-0.05, 0) is 31.3 Å². The van der Waals surface area contributed by atoms with Gasteiger partial charge in [0.15, 0.2) is 0 Å². The first kappa shape index (κ1) is 27.7. The average Bonchev–Trinajstić information content (AvgIpc) is 2.66. The molecule has 0 fully saturated rings. The molecule has 0 saturated heterocycles. The summed E-state index contributed by atoms with van der Waals surface area (Å²) in [7, 11) is 0. The summed E-state index contributed by atoms with van der Waals surface area (Å²) in [5, 5.41) is 34.9. The van der Waals surface area contributed by atoms with E-state index in [4.69, 9.17) is 35.0 Å². The molecular formula is C14H29N3O11S. The number of amides is 1. The van der Waals surface area contributed by atoms with Crippen LogP contribution in [0.5, 0.6) is 0 Å². The van der Waals surface area contributed by atoms with Gasteiger partial charge in [-0.25, -0.2) is 14.4 Å². The van der Waals surface area contributed by atoms with Crippen LogP contribution in [0.3, 0.4) is 0 Å². The van der Waals surface area contributed by atoms with Gasteiger partial charge in [0.05, 0.1) is 43.8 Å². The lowest BCUT2D eigenvalue weighted by Crippen LogP contribution is -2.43. The van der Waals surface area contributed by atoms with Crippen molar-refractivity contribution in [1.82, 2.24) is 16.1 Å². The van der Waals surface area contributed by atoms with Crippen LogP contribution in [0, 0.1) is 0 Å². The molecule has 0 aliphatic carbocycles. The average molecular weight is 447 g/mol. The van der Waals surface area contributed by atoms with E-state index in [1.165, 1.54) is 11.8 Å². The fourth-order valence-corrected chi connectivity index (χ4v) is 2.24. The summed E-state index contributed by atoms with van der Waals surface area (Å²) >= 11 is 1.50. The number of nitrogens with one attached hydrogen (secondary N) is 1. The molecule has 0 rings (SSSR count). The van der Waals surface area contributed by atoms with E-state index in [9.17, 15) is 9.59 Å². The van der Waals surface area contributed by atoms with Gasteiger partial charge in [-0.1, -0.05) is 0 Å². The van der Waals surface area contributed by atoms with Gasteiger partial charge in [0, 0.05) is 0 Å². The molecule has 0 radical (unpaired) electrons. The molecular weight excluding hydrogens is 418 g/mol. The van der Waals surface area contributed by atoms with E-state index in [0.717, 1.165) is 0 Å². The van der Waals surface area contributed by atoms with Crippen LogP contribution in [-0.2, 0) is 28.7 Å². The Morgan fingerprint density at radius 1 is 0.897 bits per heavy atom. The molecule has 0 heterocycles. The fourth-order valence-electron chi connectivity index (χ4n) is 1.77. The third kappa shape index (κ3) is 18.5. The van der Waals surface area contributed by atoms with Gasteiger partial charge < -0.3 is 19.5 Å². The van der Waals surface area contributed by atoms with E-state index in [2.05, 4.69) is 15.0 Å². The van der Waals surface area contributed by atoms with Gasteiger partial charge in [0.25, 0.3) is 0 Å². The number of hydrogen-bond donors (Lipinski definition) is 5. The molecule has 0 aromatic carbocycles.